The molecule has 0 aromatic rings. The van der Waals surface area contributed by atoms with E-state index in [9.17, 15) is 0 Å². The fraction of sp³-hybridized carbons (Fsp3) is 0.786. The highest BCUT2D eigenvalue weighted by Gasteiger charge is 2.33. The molecule has 0 heterocycles. The minimum atomic E-state index is -0.286. The summed E-state index contributed by atoms with van der Waals surface area (Å²) in [4.78, 5) is 3.92. The summed E-state index contributed by atoms with van der Waals surface area (Å²) < 4.78 is 0. The third-order valence-electron chi connectivity index (χ3n) is 3.40. The van der Waals surface area contributed by atoms with Crippen molar-refractivity contribution in [3.05, 3.63) is 17.0 Å². The van der Waals surface area contributed by atoms with Crippen molar-refractivity contribution in [2.24, 2.45) is 11.7 Å². The Balaban J connectivity index is 4.56. The van der Waals surface area contributed by atoms with Crippen molar-refractivity contribution >= 4 is 0 Å². The largest absolute Gasteiger partial charge is 0.322 e. The van der Waals surface area contributed by atoms with Gasteiger partial charge in [-0.1, -0.05) is 30.3 Å². The van der Waals surface area contributed by atoms with Crippen molar-refractivity contribution in [2.45, 2.75) is 65.0 Å². The third-order valence-corrected chi connectivity index (χ3v) is 3.40. The molecule has 0 aliphatic carbocycles. The molecule has 2 heteroatoms. The van der Waals surface area contributed by atoms with E-state index in [4.69, 9.17) is 12.3 Å². The van der Waals surface area contributed by atoms with Gasteiger partial charge in [0.25, 0.3) is 12.1 Å². The summed E-state index contributed by atoms with van der Waals surface area (Å²) in [6.45, 7) is 19.7. The Morgan fingerprint density at radius 2 is 1.88 bits per heavy atom. The number of nitrogens with two attached hydrogens (primary N) is 1. The number of hydrogen-bond donors (Lipinski definition) is 1. The summed E-state index contributed by atoms with van der Waals surface area (Å²) in [6, 6.07) is 0. The van der Waals surface area contributed by atoms with E-state index in [2.05, 4.69) is 32.2 Å². The molecule has 0 aromatic heterocycles. The van der Waals surface area contributed by atoms with Gasteiger partial charge < -0.3 is 5.73 Å². The van der Waals surface area contributed by atoms with Crippen LogP contribution in [0.15, 0.2) is 12.2 Å². The van der Waals surface area contributed by atoms with Crippen LogP contribution < -0.4 is 5.73 Å². The lowest BCUT2D eigenvalue weighted by molar-refractivity contribution is 0.312. The molecule has 0 aromatic carbocycles. The molecule has 2 unspecified atom stereocenters. The van der Waals surface area contributed by atoms with Crippen LogP contribution in [0.25, 0.3) is 4.85 Å². The zero-order valence-electron chi connectivity index (χ0n) is 11.5. The van der Waals surface area contributed by atoms with Gasteiger partial charge in [-0.2, -0.15) is 0 Å². The maximum absolute atomic E-state index is 6.23. The minimum absolute atomic E-state index is 0.161. The van der Waals surface area contributed by atoms with E-state index in [-0.39, 0.29) is 11.1 Å². The fourth-order valence-corrected chi connectivity index (χ4v) is 1.89. The number of hydrogen-bond acceptors (Lipinski definition) is 1. The van der Waals surface area contributed by atoms with Crippen LogP contribution in [-0.4, -0.2) is 11.1 Å². The van der Waals surface area contributed by atoms with Gasteiger partial charge in [-0.05, 0) is 26.2 Å². The average Bonchev–Trinajstić information content (AvgIpc) is 2.15. The van der Waals surface area contributed by atoms with Crippen LogP contribution in [0, 0.1) is 12.5 Å². The van der Waals surface area contributed by atoms with Gasteiger partial charge >= 0.3 is 0 Å². The Kier molecular flexibility index (Phi) is 5.22. The Morgan fingerprint density at radius 3 is 2.19 bits per heavy atom. The van der Waals surface area contributed by atoms with Crippen LogP contribution in [0.1, 0.15) is 53.9 Å². The van der Waals surface area contributed by atoms with E-state index in [0.29, 0.717) is 5.92 Å². The smallest absolute Gasteiger partial charge is 0.275 e. The summed E-state index contributed by atoms with van der Waals surface area (Å²) in [7, 11) is 0. The second kappa shape index (κ2) is 5.50. The predicted octanol–water partition coefficient (Wildman–Crippen LogP) is 3.83. The lowest BCUT2D eigenvalue weighted by Crippen LogP contribution is -2.40. The van der Waals surface area contributed by atoms with Crippen LogP contribution >= 0.6 is 0 Å². The molecule has 0 radical (unpaired) electrons. The molecule has 0 aliphatic heterocycles. The molecule has 0 rings (SSSR count). The number of rotatable bonds is 6. The predicted molar refractivity (Wildman–Crippen MR) is 72.8 cm³/mol. The first-order chi connectivity index (χ1) is 7.14. The molecule has 0 spiro atoms. The quantitative estimate of drug-likeness (QED) is 0.682. The first kappa shape index (κ1) is 15.2. The molecular formula is C14H27N2+. The summed E-state index contributed by atoms with van der Waals surface area (Å²) in [5, 5.41) is 0. The van der Waals surface area contributed by atoms with Crippen molar-refractivity contribution in [2.75, 3.05) is 0 Å². The second-order valence-electron chi connectivity index (χ2n) is 5.82. The zero-order chi connectivity index (χ0) is 13.0. The Hall–Kier alpha value is -0.810. The molecule has 0 saturated heterocycles. The summed E-state index contributed by atoms with van der Waals surface area (Å²) in [5.41, 5.74) is 6.82. The Labute approximate surface area is 101 Å². The molecule has 0 saturated carbocycles. The van der Waals surface area contributed by atoms with E-state index in [1.165, 1.54) is 0 Å². The average molecular weight is 223 g/mol. The lowest BCUT2D eigenvalue weighted by atomic mass is 9.79. The lowest BCUT2D eigenvalue weighted by Gasteiger charge is -2.30. The standard InChI is InChI=1S/C14H27N2/c1-8-12(9-13(4,5)16-7)10-14(6,15)11(2)3/h7,12H,2,8-10,15H2,1,3-6H3/q+1. The highest BCUT2D eigenvalue weighted by atomic mass is 14.8. The van der Waals surface area contributed by atoms with Crippen LogP contribution in [0.4, 0.5) is 0 Å². The zero-order valence-corrected chi connectivity index (χ0v) is 11.5. The molecular weight excluding hydrogens is 196 g/mol. The normalized spacial score (nSPS) is 17.3. The van der Waals surface area contributed by atoms with Crippen molar-refractivity contribution in [1.82, 2.24) is 0 Å². The molecule has 0 aliphatic rings. The first-order valence-corrected chi connectivity index (χ1v) is 6.01. The van der Waals surface area contributed by atoms with Crippen molar-refractivity contribution in [1.29, 1.82) is 0 Å². The molecule has 16 heavy (non-hydrogen) atoms. The van der Waals surface area contributed by atoms with Crippen molar-refractivity contribution < 1.29 is 0 Å². The van der Waals surface area contributed by atoms with Crippen LogP contribution in [0.3, 0.4) is 0 Å². The molecule has 0 bridgehead atoms. The van der Waals surface area contributed by atoms with Crippen LogP contribution in [0.2, 0.25) is 0 Å². The number of nitrogens with zero attached hydrogens (tertiary/aromatic N) is 1. The van der Waals surface area contributed by atoms with Gasteiger partial charge in [-0.25, -0.2) is 0 Å². The highest BCUT2D eigenvalue weighted by Crippen LogP contribution is 2.30. The molecule has 0 amide bonds. The van der Waals surface area contributed by atoms with E-state index >= 15 is 0 Å². The maximum atomic E-state index is 6.23. The molecule has 2 nitrogen and oxygen atoms in total. The van der Waals surface area contributed by atoms with Gasteiger partial charge in [0.15, 0.2) is 0 Å². The van der Waals surface area contributed by atoms with E-state index in [1.54, 1.807) is 0 Å². The summed E-state index contributed by atoms with van der Waals surface area (Å²) in [6.07, 6.45) is 3.01. The SMILES string of the molecule is C#[N+]C(C)(C)CC(CC)CC(C)(N)C(=C)C. The Bertz CT molecular complexity index is 282. The van der Waals surface area contributed by atoms with Crippen LogP contribution in [-0.2, 0) is 0 Å². The highest BCUT2D eigenvalue weighted by molar-refractivity contribution is 5.11. The summed E-state index contributed by atoms with van der Waals surface area (Å²) in [5.74, 6) is 0.536. The third kappa shape index (κ3) is 4.81. The topological polar surface area (TPSA) is 30.4 Å². The van der Waals surface area contributed by atoms with Gasteiger partial charge in [0, 0.05) is 25.8 Å². The molecule has 92 valence electrons. The first-order valence-electron chi connectivity index (χ1n) is 6.01. The fourth-order valence-electron chi connectivity index (χ4n) is 1.89. The summed E-state index contributed by atoms with van der Waals surface area (Å²) >= 11 is 0. The van der Waals surface area contributed by atoms with Gasteiger partial charge in [-0.15, -0.1) is 0 Å². The monoisotopic (exact) mass is 223 g/mol. The second-order valence-corrected chi connectivity index (χ2v) is 5.82. The maximum Gasteiger partial charge on any atom is 0.275 e. The van der Waals surface area contributed by atoms with Crippen molar-refractivity contribution in [3.63, 3.8) is 0 Å². The van der Waals surface area contributed by atoms with Gasteiger partial charge in [-0.3, -0.25) is 0 Å². The minimum Gasteiger partial charge on any atom is -0.322 e. The van der Waals surface area contributed by atoms with E-state index in [1.807, 2.05) is 13.8 Å². The molecule has 2 atom stereocenters. The van der Waals surface area contributed by atoms with Crippen molar-refractivity contribution in [3.8, 4) is 6.57 Å². The van der Waals surface area contributed by atoms with Gasteiger partial charge in [0.05, 0.1) is 0 Å². The van der Waals surface area contributed by atoms with E-state index < -0.39 is 0 Å². The Morgan fingerprint density at radius 1 is 1.38 bits per heavy atom. The van der Waals surface area contributed by atoms with Gasteiger partial charge in [0.1, 0.15) is 0 Å². The van der Waals surface area contributed by atoms with Crippen LogP contribution in [0.5, 0.6) is 0 Å². The van der Waals surface area contributed by atoms with Gasteiger partial charge in [0.2, 0.25) is 0 Å². The molecule has 2 N–H and O–H groups in total. The molecule has 0 fully saturated rings. The van der Waals surface area contributed by atoms with E-state index in [0.717, 1.165) is 24.8 Å².